The molecule has 0 aliphatic heterocycles. The van der Waals surface area contributed by atoms with Crippen molar-refractivity contribution in [3.63, 3.8) is 0 Å². The molecular weight excluding hydrogens is 422 g/mol. The summed E-state index contributed by atoms with van der Waals surface area (Å²) in [7, 11) is 4.88. The van der Waals surface area contributed by atoms with Gasteiger partial charge in [0.1, 0.15) is 6.61 Å². The van der Waals surface area contributed by atoms with Gasteiger partial charge in [0.2, 0.25) is 0 Å². The molecule has 0 radical (unpaired) electrons. The van der Waals surface area contributed by atoms with Crippen LogP contribution in [0.1, 0.15) is 16.1 Å². The van der Waals surface area contributed by atoms with Crippen LogP contribution in [0.4, 0.5) is 10.5 Å². The fraction of sp³-hybridized carbons (Fsp3) is 0.190. The normalized spacial score (nSPS) is 10.4. The Morgan fingerprint density at radius 2 is 1.97 bits per heavy atom. The van der Waals surface area contributed by atoms with Gasteiger partial charge in [0.05, 0.1) is 24.0 Å². The monoisotopic (exact) mass is 443 g/mol. The lowest BCUT2D eigenvalue weighted by Crippen LogP contribution is -2.17. The molecule has 1 N–H and O–H groups in total. The molecule has 1 aromatic heterocycles. The lowest BCUT2D eigenvalue weighted by atomic mass is 10.2. The third kappa shape index (κ3) is 5.52. The Morgan fingerprint density at radius 1 is 1.17 bits per heavy atom. The van der Waals surface area contributed by atoms with Crippen LogP contribution in [0.15, 0.2) is 58.3 Å². The summed E-state index contributed by atoms with van der Waals surface area (Å²) in [6, 6.07) is 12.1. The zero-order valence-corrected chi connectivity index (χ0v) is 18.4. The predicted molar refractivity (Wildman–Crippen MR) is 119 cm³/mol. The fourth-order valence-corrected chi connectivity index (χ4v) is 3.72. The molecule has 0 aliphatic carbocycles. The van der Waals surface area contributed by atoms with Crippen molar-refractivity contribution in [3.8, 4) is 11.5 Å². The SMILES string of the molecule is COc1cc(C(=O)Nc2ccccc2SC(=O)N(C)C)ccc1OCc1cscn1. The Labute approximate surface area is 183 Å². The third-order valence-electron chi connectivity index (χ3n) is 3.98. The Morgan fingerprint density at radius 3 is 2.67 bits per heavy atom. The molecule has 156 valence electrons. The Balaban J connectivity index is 1.73. The van der Waals surface area contributed by atoms with Gasteiger partial charge in [-0.1, -0.05) is 12.1 Å². The van der Waals surface area contributed by atoms with Crippen molar-refractivity contribution >= 4 is 39.9 Å². The molecule has 3 aromatic rings. The van der Waals surface area contributed by atoms with E-state index >= 15 is 0 Å². The number of hydrogen-bond donors (Lipinski definition) is 1. The van der Waals surface area contributed by atoms with Gasteiger partial charge < -0.3 is 19.7 Å². The summed E-state index contributed by atoms with van der Waals surface area (Å²) in [4.78, 5) is 31.1. The van der Waals surface area contributed by atoms with Crippen LogP contribution in [0, 0.1) is 0 Å². The molecule has 1 heterocycles. The maximum Gasteiger partial charge on any atom is 0.286 e. The molecule has 0 saturated heterocycles. The van der Waals surface area contributed by atoms with Crippen molar-refractivity contribution in [3.05, 3.63) is 64.6 Å². The average molecular weight is 444 g/mol. The van der Waals surface area contributed by atoms with E-state index in [1.807, 2.05) is 11.4 Å². The van der Waals surface area contributed by atoms with Gasteiger partial charge in [0.25, 0.3) is 11.1 Å². The second kappa shape index (κ2) is 10.1. The van der Waals surface area contributed by atoms with Crippen molar-refractivity contribution < 1.29 is 19.1 Å². The van der Waals surface area contributed by atoms with Crippen molar-refractivity contribution in [1.82, 2.24) is 9.88 Å². The molecule has 7 nitrogen and oxygen atoms in total. The molecule has 0 atom stereocenters. The number of benzene rings is 2. The predicted octanol–water partition coefficient (Wildman–Crippen LogP) is 4.76. The minimum Gasteiger partial charge on any atom is -0.493 e. The number of hydrogen-bond acceptors (Lipinski definition) is 7. The van der Waals surface area contributed by atoms with Gasteiger partial charge in [0.15, 0.2) is 11.5 Å². The number of rotatable bonds is 7. The summed E-state index contributed by atoms with van der Waals surface area (Å²) in [5.74, 6) is 0.655. The number of carbonyl (C=O) groups excluding carboxylic acids is 2. The number of amides is 2. The number of anilines is 1. The number of aromatic nitrogens is 1. The molecule has 0 spiro atoms. The molecule has 2 aromatic carbocycles. The summed E-state index contributed by atoms with van der Waals surface area (Å²) in [6.07, 6.45) is 0. The van der Waals surface area contributed by atoms with Gasteiger partial charge in [-0.15, -0.1) is 11.3 Å². The first-order chi connectivity index (χ1) is 14.5. The first kappa shape index (κ1) is 21.7. The highest BCUT2D eigenvalue weighted by atomic mass is 32.2. The van der Waals surface area contributed by atoms with Gasteiger partial charge in [-0.05, 0) is 42.1 Å². The summed E-state index contributed by atoms with van der Waals surface area (Å²) in [5, 5.41) is 4.64. The molecule has 3 rings (SSSR count). The Bertz CT molecular complexity index is 1020. The zero-order chi connectivity index (χ0) is 21.5. The average Bonchev–Trinajstić information content (AvgIpc) is 3.27. The molecule has 2 amide bonds. The lowest BCUT2D eigenvalue weighted by molar-refractivity contribution is 0.102. The maximum atomic E-state index is 12.8. The van der Waals surface area contributed by atoms with Gasteiger partial charge in [-0.25, -0.2) is 4.98 Å². The minimum atomic E-state index is -0.315. The quantitative estimate of drug-likeness (QED) is 0.531. The van der Waals surface area contributed by atoms with Crippen LogP contribution < -0.4 is 14.8 Å². The van der Waals surface area contributed by atoms with Crippen molar-refractivity contribution in [2.75, 3.05) is 26.5 Å². The number of thioether (sulfide) groups is 1. The first-order valence-electron chi connectivity index (χ1n) is 8.95. The van der Waals surface area contributed by atoms with E-state index in [0.717, 1.165) is 17.5 Å². The largest absolute Gasteiger partial charge is 0.493 e. The van der Waals surface area contributed by atoms with Crippen LogP contribution in [0.25, 0.3) is 0 Å². The highest BCUT2D eigenvalue weighted by molar-refractivity contribution is 8.13. The van der Waals surface area contributed by atoms with Crippen molar-refractivity contribution in [1.29, 1.82) is 0 Å². The third-order valence-corrected chi connectivity index (χ3v) is 5.73. The molecule has 0 bridgehead atoms. The second-order valence-corrected chi connectivity index (χ2v) is 8.06. The van der Waals surface area contributed by atoms with E-state index < -0.39 is 0 Å². The second-order valence-electron chi connectivity index (χ2n) is 6.35. The highest BCUT2D eigenvalue weighted by Crippen LogP contribution is 2.31. The lowest BCUT2D eigenvalue weighted by Gasteiger charge is -2.14. The number of nitrogens with one attached hydrogen (secondary N) is 1. The zero-order valence-electron chi connectivity index (χ0n) is 16.7. The number of methoxy groups -OCH3 is 1. The van der Waals surface area contributed by atoms with Gasteiger partial charge in [0, 0.05) is 29.9 Å². The molecular formula is C21H21N3O4S2. The molecule has 9 heteroatoms. The summed E-state index contributed by atoms with van der Waals surface area (Å²) < 4.78 is 11.1. The van der Waals surface area contributed by atoms with Crippen molar-refractivity contribution in [2.45, 2.75) is 11.5 Å². The van der Waals surface area contributed by atoms with E-state index in [-0.39, 0.29) is 11.1 Å². The number of ether oxygens (including phenoxy) is 2. The topological polar surface area (TPSA) is 80.8 Å². The van der Waals surface area contributed by atoms with Gasteiger partial charge >= 0.3 is 0 Å². The number of para-hydroxylation sites is 1. The summed E-state index contributed by atoms with van der Waals surface area (Å²) >= 11 is 2.55. The van der Waals surface area contributed by atoms with Gasteiger partial charge in [-0.2, -0.15) is 0 Å². The van der Waals surface area contributed by atoms with Crippen LogP contribution in [0.5, 0.6) is 11.5 Å². The number of carbonyl (C=O) groups is 2. The van der Waals surface area contributed by atoms with E-state index in [9.17, 15) is 9.59 Å². The number of nitrogens with zero attached hydrogens (tertiary/aromatic N) is 2. The first-order valence-corrected chi connectivity index (χ1v) is 10.7. The van der Waals surface area contributed by atoms with E-state index in [2.05, 4.69) is 10.3 Å². The molecule has 0 unspecified atom stereocenters. The standard InChI is InChI=1S/C21H21N3O4S2/c1-24(2)21(26)30-19-7-5-4-6-16(19)23-20(25)14-8-9-17(18(10-14)27-3)28-11-15-12-29-13-22-15/h4-10,12-13H,11H2,1-3H3,(H,23,25). The fourth-order valence-electron chi connectivity index (χ4n) is 2.43. The van der Waals surface area contributed by atoms with Crippen LogP contribution in [-0.2, 0) is 6.61 Å². The van der Waals surface area contributed by atoms with E-state index in [1.165, 1.54) is 23.3 Å². The van der Waals surface area contributed by atoms with E-state index in [0.29, 0.717) is 34.3 Å². The molecule has 0 fully saturated rings. The highest BCUT2D eigenvalue weighted by Gasteiger charge is 2.15. The smallest absolute Gasteiger partial charge is 0.286 e. The van der Waals surface area contributed by atoms with Crippen molar-refractivity contribution in [2.24, 2.45) is 0 Å². The number of thiazole rings is 1. The maximum absolute atomic E-state index is 12.8. The Kier molecular flexibility index (Phi) is 7.31. The van der Waals surface area contributed by atoms with E-state index in [4.69, 9.17) is 9.47 Å². The van der Waals surface area contributed by atoms with Crippen LogP contribution in [0.3, 0.4) is 0 Å². The Hall–Kier alpha value is -3.04. The van der Waals surface area contributed by atoms with Crippen LogP contribution in [0.2, 0.25) is 0 Å². The molecule has 0 saturated carbocycles. The summed E-state index contributed by atoms with van der Waals surface area (Å²) in [5.41, 5.74) is 3.54. The van der Waals surface area contributed by atoms with Crippen LogP contribution in [-0.4, -0.2) is 42.2 Å². The van der Waals surface area contributed by atoms with E-state index in [1.54, 1.807) is 56.0 Å². The molecule has 0 aliphatic rings. The van der Waals surface area contributed by atoms with Crippen LogP contribution >= 0.6 is 23.1 Å². The summed E-state index contributed by atoms with van der Waals surface area (Å²) in [6.45, 7) is 0.315. The van der Waals surface area contributed by atoms with Gasteiger partial charge in [-0.3, -0.25) is 9.59 Å². The minimum absolute atomic E-state index is 0.125. The molecule has 30 heavy (non-hydrogen) atoms.